The Kier molecular flexibility index (Phi) is 8.95. The van der Waals surface area contributed by atoms with E-state index in [2.05, 4.69) is 25.7 Å². The van der Waals surface area contributed by atoms with Crippen molar-refractivity contribution >= 4 is 17.2 Å². The summed E-state index contributed by atoms with van der Waals surface area (Å²) < 4.78 is 5.53. The van der Waals surface area contributed by atoms with Crippen LogP contribution in [0.25, 0.3) is 0 Å². The molecule has 0 saturated heterocycles. The van der Waals surface area contributed by atoms with Gasteiger partial charge in [0.25, 0.3) is 0 Å². The van der Waals surface area contributed by atoms with Crippen molar-refractivity contribution < 1.29 is 4.74 Å². The largest absolute Gasteiger partial charge is 0.392 e. The molecule has 0 aromatic heterocycles. The molecule has 0 fully saturated rings. The molecule has 0 saturated carbocycles. The lowest BCUT2D eigenvalue weighted by Crippen LogP contribution is -2.35. The first-order valence-electron chi connectivity index (χ1n) is 5.64. The predicted molar refractivity (Wildman–Crippen MR) is 69.2 cm³/mol. The highest BCUT2D eigenvalue weighted by Gasteiger charge is 2.03. The first-order chi connectivity index (χ1) is 7.06. The third-order valence-electron chi connectivity index (χ3n) is 2.22. The van der Waals surface area contributed by atoms with Crippen LogP contribution in [0, 0.1) is 5.92 Å². The fourth-order valence-electron chi connectivity index (χ4n) is 1.18. The van der Waals surface area contributed by atoms with Gasteiger partial charge in [0, 0.05) is 19.7 Å². The van der Waals surface area contributed by atoms with Gasteiger partial charge in [0.05, 0.1) is 11.6 Å². The fourth-order valence-corrected chi connectivity index (χ4v) is 1.37. The Balaban J connectivity index is 3.42. The van der Waals surface area contributed by atoms with Gasteiger partial charge in [0.1, 0.15) is 0 Å². The minimum Gasteiger partial charge on any atom is -0.392 e. The Morgan fingerprint density at radius 2 is 2.07 bits per heavy atom. The Labute approximate surface area is 99.0 Å². The maximum absolute atomic E-state index is 5.53. The van der Waals surface area contributed by atoms with Crippen molar-refractivity contribution in [1.82, 2.24) is 4.90 Å². The van der Waals surface area contributed by atoms with E-state index in [0.717, 1.165) is 32.7 Å². The van der Waals surface area contributed by atoms with Gasteiger partial charge in [-0.3, -0.25) is 4.90 Å². The SMILES string of the molecule is CCN(CCOCCC(C)C)CC(N)=S. The highest BCUT2D eigenvalue weighted by Crippen LogP contribution is 1.98. The molecule has 0 aromatic rings. The average molecular weight is 232 g/mol. The minimum absolute atomic E-state index is 0.555. The summed E-state index contributed by atoms with van der Waals surface area (Å²) in [7, 11) is 0. The number of thiocarbonyl (C=S) groups is 1. The first kappa shape index (κ1) is 14.8. The Bertz CT molecular complexity index is 174. The van der Waals surface area contributed by atoms with E-state index in [9.17, 15) is 0 Å². The van der Waals surface area contributed by atoms with E-state index in [-0.39, 0.29) is 0 Å². The number of rotatable bonds is 9. The van der Waals surface area contributed by atoms with Gasteiger partial charge in [0.2, 0.25) is 0 Å². The quantitative estimate of drug-likeness (QED) is 0.485. The summed E-state index contributed by atoms with van der Waals surface area (Å²) in [4.78, 5) is 2.75. The second kappa shape index (κ2) is 9.07. The van der Waals surface area contributed by atoms with Crippen molar-refractivity contribution in [2.24, 2.45) is 11.7 Å². The zero-order chi connectivity index (χ0) is 11.7. The van der Waals surface area contributed by atoms with Crippen molar-refractivity contribution in [3.63, 3.8) is 0 Å². The van der Waals surface area contributed by atoms with Crippen LogP contribution in [0.15, 0.2) is 0 Å². The number of likely N-dealkylation sites (N-methyl/N-ethyl adjacent to an activating group) is 1. The molecule has 0 atom stereocenters. The highest BCUT2D eigenvalue weighted by molar-refractivity contribution is 7.80. The van der Waals surface area contributed by atoms with Crippen LogP contribution in [0.4, 0.5) is 0 Å². The molecule has 2 N–H and O–H groups in total. The number of nitrogens with zero attached hydrogens (tertiary/aromatic N) is 1. The molecule has 0 aliphatic heterocycles. The van der Waals surface area contributed by atoms with Gasteiger partial charge in [-0.25, -0.2) is 0 Å². The molecule has 0 aliphatic carbocycles. The summed E-state index contributed by atoms with van der Waals surface area (Å²) in [5.74, 6) is 0.712. The molecule has 0 amide bonds. The maximum Gasteiger partial charge on any atom is 0.0870 e. The molecule has 4 heteroatoms. The molecule has 3 nitrogen and oxygen atoms in total. The van der Waals surface area contributed by atoms with Crippen molar-refractivity contribution in [3.05, 3.63) is 0 Å². The van der Waals surface area contributed by atoms with E-state index in [0.29, 0.717) is 17.5 Å². The highest BCUT2D eigenvalue weighted by atomic mass is 32.1. The van der Waals surface area contributed by atoms with Gasteiger partial charge in [-0.2, -0.15) is 0 Å². The van der Waals surface area contributed by atoms with Crippen LogP contribution in [0.5, 0.6) is 0 Å². The van der Waals surface area contributed by atoms with E-state index in [1.807, 2.05) is 0 Å². The predicted octanol–water partition coefficient (Wildman–Crippen LogP) is 1.66. The molecule has 0 radical (unpaired) electrons. The van der Waals surface area contributed by atoms with Crippen molar-refractivity contribution in [2.45, 2.75) is 27.2 Å². The molecule has 0 spiro atoms. The van der Waals surface area contributed by atoms with Crippen LogP contribution in [-0.2, 0) is 4.74 Å². The smallest absolute Gasteiger partial charge is 0.0870 e. The van der Waals surface area contributed by atoms with E-state index >= 15 is 0 Å². The summed E-state index contributed by atoms with van der Waals surface area (Å²) in [6, 6.07) is 0. The Morgan fingerprint density at radius 3 is 2.53 bits per heavy atom. The monoisotopic (exact) mass is 232 g/mol. The lowest BCUT2D eigenvalue weighted by Gasteiger charge is -2.19. The lowest BCUT2D eigenvalue weighted by atomic mass is 10.1. The van der Waals surface area contributed by atoms with Gasteiger partial charge >= 0.3 is 0 Å². The van der Waals surface area contributed by atoms with E-state index in [1.54, 1.807) is 0 Å². The van der Waals surface area contributed by atoms with Gasteiger partial charge in [0.15, 0.2) is 0 Å². The normalized spacial score (nSPS) is 11.3. The van der Waals surface area contributed by atoms with Crippen molar-refractivity contribution in [3.8, 4) is 0 Å². The third kappa shape index (κ3) is 10.1. The molecule has 0 aromatic carbocycles. The lowest BCUT2D eigenvalue weighted by molar-refractivity contribution is 0.102. The molecule has 0 heterocycles. The molecule has 0 aliphatic rings. The molecular weight excluding hydrogens is 208 g/mol. The van der Waals surface area contributed by atoms with Crippen LogP contribution < -0.4 is 5.73 Å². The van der Waals surface area contributed by atoms with E-state index in [1.165, 1.54) is 0 Å². The first-order valence-corrected chi connectivity index (χ1v) is 6.05. The number of hydrogen-bond donors (Lipinski definition) is 1. The van der Waals surface area contributed by atoms with Gasteiger partial charge in [-0.05, 0) is 18.9 Å². The fraction of sp³-hybridized carbons (Fsp3) is 0.909. The average Bonchev–Trinajstić information content (AvgIpc) is 2.14. The summed E-state index contributed by atoms with van der Waals surface area (Å²) in [6.45, 7) is 10.7. The molecule has 0 rings (SSSR count). The second-order valence-electron chi connectivity index (χ2n) is 4.13. The van der Waals surface area contributed by atoms with E-state index < -0.39 is 0 Å². The molecule has 0 bridgehead atoms. The minimum atomic E-state index is 0.555. The van der Waals surface area contributed by atoms with Crippen LogP contribution >= 0.6 is 12.2 Å². The van der Waals surface area contributed by atoms with Gasteiger partial charge in [-0.1, -0.05) is 33.0 Å². The molecule has 0 unspecified atom stereocenters. The Morgan fingerprint density at radius 1 is 1.40 bits per heavy atom. The van der Waals surface area contributed by atoms with Gasteiger partial charge < -0.3 is 10.5 Å². The van der Waals surface area contributed by atoms with Gasteiger partial charge in [-0.15, -0.1) is 0 Å². The van der Waals surface area contributed by atoms with Crippen LogP contribution in [0.2, 0.25) is 0 Å². The molecular formula is C11H24N2OS. The Hall–Kier alpha value is -0.190. The number of hydrogen-bond acceptors (Lipinski definition) is 3. The summed E-state index contributed by atoms with van der Waals surface area (Å²) in [5, 5.41) is 0. The molecule has 90 valence electrons. The molecule has 15 heavy (non-hydrogen) atoms. The second-order valence-corrected chi connectivity index (χ2v) is 4.65. The van der Waals surface area contributed by atoms with Crippen molar-refractivity contribution in [2.75, 3.05) is 32.8 Å². The van der Waals surface area contributed by atoms with Crippen LogP contribution in [0.3, 0.4) is 0 Å². The maximum atomic E-state index is 5.53. The van der Waals surface area contributed by atoms with Crippen LogP contribution in [-0.4, -0.2) is 42.7 Å². The number of nitrogens with two attached hydrogens (primary N) is 1. The van der Waals surface area contributed by atoms with E-state index in [4.69, 9.17) is 22.7 Å². The topological polar surface area (TPSA) is 38.5 Å². The van der Waals surface area contributed by atoms with Crippen molar-refractivity contribution in [1.29, 1.82) is 0 Å². The summed E-state index contributed by atoms with van der Waals surface area (Å²) in [5.41, 5.74) is 5.49. The van der Waals surface area contributed by atoms with Crippen LogP contribution in [0.1, 0.15) is 27.2 Å². The number of ether oxygens (including phenoxy) is 1. The zero-order valence-corrected chi connectivity index (χ0v) is 11.0. The summed E-state index contributed by atoms with van der Waals surface area (Å²) in [6.07, 6.45) is 1.13. The zero-order valence-electron chi connectivity index (χ0n) is 10.2. The third-order valence-corrected chi connectivity index (χ3v) is 2.35. The standard InChI is InChI=1S/C11H24N2OS/c1-4-13(9-11(12)15)6-8-14-7-5-10(2)3/h10H,4-9H2,1-3H3,(H2,12,15). The summed E-state index contributed by atoms with van der Waals surface area (Å²) >= 11 is 4.87.